The van der Waals surface area contributed by atoms with Crippen molar-refractivity contribution in [3.8, 4) is 0 Å². The van der Waals surface area contributed by atoms with E-state index in [9.17, 15) is 9.59 Å². The van der Waals surface area contributed by atoms with Crippen LogP contribution in [0.1, 0.15) is 73.1 Å². The molecule has 4 unspecified atom stereocenters. The summed E-state index contributed by atoms with van der Waals surface area (Å²) >= 11 is 0. The Bertz CT molecular complexity index is 413. The minimum absolute atomic E-state index is 0.0161. The zero-order chi connectivity index (χ0) is 19.3. The normalized spacial score (nSPS) is 36.2. The summed E-state index contributed by atoms with van der Waals surface area (Å²) in [5, 5.41) is 0. The number of esters is 2. The number of ether oxygens (including phenoxy) is 2. The second-order valence-corrected chi connectivity index (χ2v) is 9.19. The van der Waals surface area contributed by atoms with Crippen LogP contribution in [0.4, 0.5) is 0 Å². The highest BCUT2D eigenvalue weighted by atomic mass is 16.5. The van der Waals surface area contributed by atoms with E-state index in [4.69, 9.17) is 9.47 Å². The molecule has 26 heavy (non-hydrogen) atoms. The number of carbonyl (C=O) groups is 2. The standard InChI is InChI=1S/C22H38O4/c1-14(12-25-21(23)19-15(2)8-6-9-16(19)3)13-26-22(24)20-17(4)10-7-11-18(20)5/h14-20H,6-13H2,1-5H3. The molecule has 0 aromatic carbocycles. The summed E-state index contributed by atoms with van der Waals surface area (Å²) in [6.45, 7) is 11.2. The van der Waals surface area contributed by atoms with Crippen LogP contribution >= 0.6 is 0 Å². The van der Waals surface area contributed by atoms with Crippen LogP contribution in [-0.4, -0.2) is 25.2 Å². The lowest BCUT2D eigenvalue weighted by molar-refractivity contribution is -0.159. The van der Waals surface area contributed by atoms with Crippen LogP contribution in [0.5, 0.6) is 0 Å². The van der Waals surface area contributed by atoms with Crippen LogP contribution in [0, 0.1) is 41.4 Å². The van der Waals surface area contributed by atoms with Gasteiger partial charge in [0.25, 0.3) is 0 Å². The maximum atomic E-state index is 12.5. The molecule has 2 aliphatic rings. The molecule has 0 saturated heterocycles. The van der Waals surface area contributed by atoms with E-state index in [1.807, 2.05) is 6.92 Å². The van der Waals surface area contributed by atoms with E-state index in [0.717, 1.165) is 25.7 Å². The Morgan fingerprint density at radius 1 is 0.731 bits per heavy atom. The van der Waals surface area contributed by atoms with Gasteiger partial charge in [0.2, 0.25) is 0 Å². The fourth-order valence-electron chi connectivity index (χ4n) is 4.98. The first-order chi connectivity index (χ1) is 12.3. The molecule has 0 amide bonds. The Hall–Kier alpha value is -1.06. The molecule has 150 valence electrons. The molecule has 0 aliphatic heterocycles. The molecule has 0 aromatic rings. The molecule has 2 fully saturated rings. The number of hydrogen-bond acceptors (Lipinski definition) is 4. The predicted octanol–water partition coefficient (Wildman–Crippen LogP) is 4.85. The number of rotatable bonds is 6. The molecule has 0 heterocycles. The van der Waals surface area contributed by atoms with Gasteiger partial charge in [-0.25, -0.2) is 0 Å². The summed E-state index contributed by atoms with van der Waals surface area (Å²) in [4.78, 5) is 24.9. The zero-order valence-electron chi connectivity index (χ0n) is 17.3. The first-order valence-electron chi connectivity index (χ1n) is 10.6. The smallest absolute Gasteiger partial charge is 0.309 e. The topological polar surface area (TPSA) is 52.6 Å². The molecular weight excluding hydrogens is 328 g/mol. The molecule has 4 nitrogen and oxygen atoms in total. The first kappa shape index (κ1) is 21.2. The molecule has 0 spiro atoms. The fourth-order valence-corrected chi connectivity index (χ4v) is 4.98. The SMILES string of the molecule is CC(COC(=O)C1C(C)CCCC1C)COC(=O)C1C(C)CCCC1C. The van der Waals surface area contributed by atoms with Crippen molar-refractivity contribution in [2.45, 2.75) is 73.1 Å². The van der Waals surface area contributed by atoms with Gasteiger partial charge in [-0.05, 0) is 49.4 Å². The summed E-state index contributed by atoms with van der Waals surface area (Å²) in [5.74, 6) is 1.51. The monoisotopic (exact) mass is 366 g/mol. The van der Waals surface area contributed by atoms with Crippen molar-refractivity contribution in [3.05, 3.63) is 0 Å². The van der Waals surface area contributed by atoms with E-state index in [1.54, 1.807) is 0 Å². The Labute approximate surface area is 159 Å². The second kappa shape index (κ2) is 9.75. The highest BCUT2D eigenvalue weighted by Crippen LogP contribution is 2.36. The largest absolute Gasteiger partial charge is 0.465 e. The van der Waals surface area contributed by atoms with Crippen LogP contribution < -0.4 is 0 Å². The molecule has 0 N–H and O–H groups in total. The molecule has 0 radical (unpaired) electrons. The van der Waals surface area contributed by atoms with Crippen molar-refractivity contribution < 1.29 is 19.1 Å². The molecule has 0 bridgehead atoms. The molecule has 4 heteroatoms. The molecular formula is C22H38O4. The summed E-state index contributed by atoms with van der Waals surface area (Å²) in [7, 11) is 0. The summed E-state index contributed by atoms with van der Waals surface area (Å²) < 4.78 is 11.1. The van der Waals surface area contributed by atoms with Gasteiger partial charge in [0.15, 0.2) is 0 Å². The molecule has 4 atom stereocenters. The fraction of sp³-hybridized carbons (Fsp3) is 0.909. The average Bonchev–Trinajstić information content (AvgIpc) is 2.57. The lowest BCUT2D eigenvalue weighted by Gasteiger charge is -2.33. The Kier molecular flexibility index (Phi) is 7.97. The van der Waals surface area contributed by atoms with Gasteiger partial charge in [0, 0.05) is 5.92 Å². The van der Waals surface area contributed by atoms with E-state index in [2.05, 4.69) is 27.7 Å². The van der Waals surface area contributed by atoms with Crippen molar-refractivity contribution in [3.63, 3.8) is 0 Å². The van der Waals surface area contributed by atoms with Crippen LogP contribution in [0.25, 0.3) is 0 Å². The first-order valence-corrected chi connectivity index (χ1v) is 10.6. The van der Waals surface area contributed by atoms with Crippen molar-refractivity contribution in [2.24, 2.45) is 41.4 Å². The minimum Gasteiger partial charge on any atom is -0.465 e. The van der Waals surface area contributed by atoms with E-state index < -0.39 is 0 Å². The maximum Gasteiger partial charge on any atom is 0.309 e. The van der Waals surface area contributed by atoms with Gasteiger partial charge in [-0.15, -0.1) is 0 Å². The van der Waals surface area contributed by atoms with Gasteiger partial charge in [-0.3, -0.25) is 9.59 Å². The predicted molar refractivity (Wildman–Crippen MR) is 102 cm³/mol. The quantitative estimate of drug-likeness (QED) is 0.630. The van der Waals surface area contributed by atoms with Crippen molar-refractivity contribution in [1.29, 1.82) is 0 Å². The highest BCUT2D eigenvalue weighted by Gasteiger charge is 2.36. The number of hydrogen-bond donors (Lipinski definition) is 0. The molecule has 0 aromatic heterocycles. The third-order valence-electron chi connectivity index (χ3n) is 6.65. The van der Waals surface area contributed by atoms with Crippen LogP contribution in [0.2, 0.25) is 0 Å². The molecule has 2 rings (SSSR count). The summed E-state index contributed by atoms with van der Waals surface area (Å²) in [5.41, 5.74) is 0. The molecule has 2 aliphatic carbocycles. The van der Waals surface area contributed by atoms with Gasteiger partial charge in [0.05, 0.1) is 25.0 Å². The minimum atomic E-state index is -0.0719. The lowest BCUT2D eigenvalue weighted by Crippen LogP contribution is -2.35. The number of carbonyl (C=O) groups excluding carboxylic acids is 2. The van der Waals surface area contributed by atoms with E-state index in [-0.39, 0.29) is 29.7 Å². The lowest BCUT2D eigenvalue weighted by atomic mass is 9.74. The van der Waals surface area contributed by atoms with Gasteiger partial charge in [0.1, 0.15) is 0 Å². The van der Waals surface area contributed by atoms with Crippen molar-refractivity contribution in [1.82, 2.24) is 0 Å². The second-order valence-electron chi connectivity index (χ2n) is 9.19. The van der Waals surface area contributed by atoms with E-state index >= 15 is 0 Å². The maximum absolute atomic E-state index is 12.5. The third kappa shape index (κ3) is 5.47. The third-order valence-corrected chi connectivity index (χ3v) is 6.65. The van der Waals surface area contributed by atoms with Crippen molar-refractivity contribution >= 4 is 11.9 Å². The highest BCUT2D eigenvalue weighted by molar-refractivity contribution is 5.73. The van der Waals surface area contributed by atoms with Gasteiger partial charge in [-0.1, -0.05) is 47.5 Å². The van der Waals surface area contributed by atoms with Crippen LogP contribution in [0.15, 0.2) is 0 Å². The van der Waals surface area contributed by atoms with Crippen LogP contribution in [0.3, 0.4) is 0 Å². The molecule has 2 saturated carbocycles. The van der Waals surface area contributed by atoms with Gasteiger partial charge >= 0.3 is 11.9 Å². The van der Waals surface area contributed by atoms with E-state index in [1.165, 1.54) is 12.8 Å². The summed E-state index contributed by atoms with van der Waals surface area (Å²) in [6, 6.07) is 0. The average molecular weight is 367 g/mol. The Morgan fingerprint density at radius 3 is 1.35 bits per heavy atom. The van der Waals surface area contributed by atoms with Gasteiger partial charge in [-0.2, -0.15) is 0 Å². The Balaban J connectivity index is 1.73. The van der Waals surface area contributed by atoms with Crippen molar-refractivity contribution in [2.75, 3.05) is 13.2 Å². The van der Waals surface area contributed by atoms with E-state index in [0.29, 0.717) is 36.9 Å². The zero-order valence-corrected chi connectivity index (χ0v) is 17.3. The van der Waals surface area contributed by atoms with Crippen LogP contribution in [-0.2, 0) is 19.1 Å². The Morgan fingerprint density at radius 2 is 1.04 bits per heavy atom. The van der Waals surface area contributed by atoms with Gasteiger partial charge < -0.3 is 9.47 Å². The summed E-state index contributed by atoms with van der Waals surface area (Å²) in [6.07, 6.45) is 6.83.